The highest BCUT2D eigenvalue weighted by atomic mass is 35.5. The summed E-state index contributed by atoms with van der Waals surface area (Å²) in [7, 11) is -4.12. The van der Waals surface area contributed by atoms with Crippen molar-refractivity contribution in [2.45, 2.75) is 35.2 Å². The van der Waals surface area contributed by atoms with E-state index in [0.29, 0.717) is 0 Å². The lowest BCUT2D eigenvalue weighted by molar-refractivity contribution is -0.123. The van der Waals surface area contributed by atoms with Gasteiger partial charge < -0.3 is 5.32 Å². The normalized spacial score (nSPS) is 13.3. The van der Waals surface area contributed by atoms with E-state index in [4.69, 9.17) is 23.2 Å². The molecule has 0 heterocycles. The molecular weight excluding hydrogens is 499 g/mol. The van der Waals surface area contributed by atoms with Gasteiger partial charge in [0.25, 0.3) is 0 Å². The fourth-order valence-corrected chi connectivity index (χ4v) is 5.63. The van der Waals surface area contributed by atoms with Gasteiger partial charge >= 0.3 is 0 Å². The van der Waals surface area contributed by atoms with Gasteiger partial charge in [0, 0.05) is 9.92 Å². The third kappa shape index (κ3) is 6.98. The van der Waals surface area contributed by atoms with Crippen LogP contribution in [0.3, 0.4) is 0 Å². The Labute approximate surface area is 208 Å². The maximum absolute atomic E-state index is 13.2. The maximum atomic E-state index is 13.2. The lowest BCUT2D eigenvalue weighted by atomic mass is 10.0. The number of benzene rings is 3. The van der Waals surface area contributed by atoms with Crippen LogP contribution in [0.1, 0.15) is 24.1 Å². The fraction of sp³-hybridized carbons (Fsp3) is 0.208. The van der Waals surface area contributed by atoms with E-state index in [1.54, 1.807) is 11.8 Å². The van der Waals surface area contributed by atoms with Crippen LogP contribution in [0.25, 0.3) is 0 Å². The number of thioether (sulfide) groups is 1. The second-order valence-corrected chi connectivity index (χ2v) is 10.8. The van der Waals surface area contributed by atoms with Gasteiger partial charge in [-0.2, -0.15) is 4.72 Å². The Balaban J connectivity index is 1.85. The number of nitrogens with one attached hydrogen (secondary N) is 2. The Bertz CT molecular complexity index is 1200. The minimum Gasteiger partial charge on any atom is -0.348 e. The Hall–Kier alpha value is -2.03. The number of halogens is 2. The summed E-state index contributed by atoms with van der Waals surface area (Å²) in [6.45, 7) is 1.86. The summed E-state index contributed by atoms with van der Waals surface area (Å²) < 4.78 is 28.7. The summed E-state index contributed by atoms with van der Waals surface area (Å²) in [4.78, 5) is 14.2. The zero-order valence-electron chi connectivity index (χ0n) is 18.1. The van der Waals surface area contributed by atoms with E-state index in [1.165, 1.54) is 18.2 Å². The number of carbonyl (C=O) groups excluding carboxylic acids is 1. The molecule has 0 fully saturated rings. The van der Waals surface area contributed by atoms with Crippen LogP contribution in [-0.4, -0.2) is 26.6 Å². The topological polar surface area (TPSA) is 75.3 Å². The van der Waals surface area contributed by atoms with Gasteiger partial charge in [0.15, 0.2) is 0 Å². The molecule has 0 bridgehead atoms. The van der Waals surface area contributed by atoms with Crippen molar-refractivity contribution in [2.75, 3.05) is 6.26 Å². The summed E-state index contributed by atoms with van der Waals surface area (Å²) in [6, 6.07) is 19.9. The molecule has 3 aromatic carbocycles. The highest BCUT2D eigenvalue weighted by Crippen LogP contribution is 2.25. The molecule has 0 radical (unpaired) electrons. The molecule has 3 aromatic rings. The van der Waals surface area contributed by atoms with Crippen molar-refractivity contribution in [3.8, 4) is 0 Å². The predicted molar refractivity (Wildman–Crippen MR) is 135 cm³/mol. The number of rotatable bonds is 9. The smallest absolute Gasteiger partial charge is 0.242 e. The average molecular weight is 524 g/mol. The average Bonchev–Trinajstić information content (AvgIpc) is 2.80. The van der Waals surface area contributed by atoms with Gasteiger partial charge in [-0.1, -0.05) is 65.7 Å². The number of sulfonamides is 1. The van der Waals surface area contributed by atoms with Crippen molar-refractivity contribution < 1.29 is 13.2 Å². The van der Waals surface area contributed by atoms with Crippen LogP contribution in [0.5, 0.6) is 0 Å². The van der Waals surface area contributed by atoms with Gasteiger partial charge in [-0.15, -0.1) is 11.8 Å². The van der Waals surface area contributed by atoms with Crippen molar-refractivity contribution in [3.63, 3.8) is 0 Å². The quantitative estimate of drug-likeness (QED) is 0.364. The summed E-state index contributed by atoms with van der Waals surface area (Å²) >= 11 is 13.7. The van der Waals surface area contributed by atoms with Gasteiger partial charge in [0.05, 0.1) is 11.1 Å². The van der Waals surface area contributed by atoms with Crippen LogP contribution in [-0.2, 0) is 21.2 Å². The Kier molecular flexibility index (Phi) is 8.84. The van der Waals surface area contributed by atoms with E-state index in [2.05, 4.69) is 10.0 Å². The summed E-state index contributed by atoms with van der Waals surface area (Å²) in [6.07, 6.45) is 2.16. The lowest BCUT2D eigenvalue weighted by Gasteiger charge is -2.22. The molecule has 0 aromatic heterocycles. The third-order valence-corrected chi connectivity index (χ3v) is 7.99. The van der Waals surface area contributed by atoms with Gasteiger partial charge in [-0.05, 0) is 61.1 Å². The molecule has 33 heavy (non-hydrogen) atoms. The minimum atomic E-state index is -4.12. The standard InChI is InChI=1S/C24H24Cl2N2O3S2/c1-16(18-8-11-20(32-2)12-9-18)27-24(29)22(14-17-6-4-3-5-7-17)28-33(30,31)23-15-19(25)10-13-21(23)26/h3-13,15-16,22,28H,14H2,1-2H3,(H,27,29)/t16-,22-/m1/s1. The van der Waals surface area contributed by atoms with E-state index in [-0.39, 0.29) is 27.4 Å². The molecule has 0 aliphatic carbocycles. The molecular formula is C24H24Cl2N2O3S2. The first-order valence-electron chi connectivity index (χ1n) is 10.1. The zero-order valence-corrected chi connectivity index (χ0v) is 21.2. The molecule has 0 unspecified atom stereocenters. The summed E-state index contributed by atoms with van der Waals surface area (Å²) in [5, 5.41) is 3.17. The molecule has 0 saturated heterocycles. The van der Waals surface area contributed by atoms with Crippen LogP contribution < -0.4 is 10.0 Å². The van der Waals surface area contributed by atoms with E-state index in [1.807, 2.05) is 67.8 Å². The first kappa shape index (κ1) is 25.6. The van der Waals surface area contributed by atoms with Gasteiger partial charge in [-0.25, -0.2) is 8.42 Å². The van der Waals surface area contributed by atoms with Crippen LogP contribution in [0, 0.1) is 0 Å². The van der Waals surface area contributed by atoms with Gasteiger partial charge in [-0.3, -0.25) is 4.79 Å². The number of hydrogen-bond donors (Lipinski definition) is 2. The Morgan fingerprint density at radius 3 is 2.30 bits per heavy atom. The zero-order chi connectivity index (χ0) is 24.0. The van der Waals surface area contributed by atoms with Gasteiger partial charge in [0.1, 0.15) is 10.9 Å². The van der Waals surface area contributed by atoms with Crippen molar-refractivity contribution >= 4 is 50.9 Å². The van der Waals surface area contributed by atoms with E-state index in [0.717, 1.165) is 16.0 Å². The number of carbonyl (C=O) groups is 1. The Morgan fingerprint density at radius 2 is 1.67 bits per heavy atom. The molecule has 1 amide bonds. The van der Waals surface area contributed by atoms with E-state index in [9.17, 15) is 13.2 Å². The lowest BCUT2D eigenvalue weighted by Crippen LogP contribution is -2.48. The van der Waals surface area contributed by atoms with Crippen LogP contribution >= 0.6 is 35.0 Å². The van der Waals surface area contributed by atoms with E-state index < -0.39 is 22.0 Å². The first-order valence-corrected chi connectivity index (χ1v) is 13.6. The summed E-state index contributed by atoms with van der Waals surface area (Å²) in [5.41, 5.74) is 1.73. The minimum absolute atomic E-state index is 0.0213. The predicted octanol–water partition coefficient (Wildman–Crippen LogP) is 5.48. The van der Waals surface area contributed by atoms with Crippen LogP contribution in [0.2, 0.25) is 10.0 Å². The second kappa shape index (κ2) is 11.4. The number of amides is 1. The van der Waals surface area contributed by atoms with Crippen molar-refractivity contribution in [2.24, 2.45) is 0 Å². The van der Waals surface area contributed by atoms with Crippen LogP contribution in [0.15, 0.2) is 82.6 Å². The van der Waals surface area contributed by atoms with Gasteiger partial charge in [0.2, 0.25) is 15.9 Å². The highest BCUT2D eigenvalue weighted by Gasteiger charge is 2.28. The molecule has 0 spiro atoms. The fourth-order valence-electron chi connectivity index (χ4n) is 3.26. The summed E-state index contributed by atoms with van der Waals surface area (Å²) in [5.74, 6) is -0.443. The third-order valence-electron chi connectivity index (χ3n) is 5.05. The largest absolute Gasteiger partial charge is 0.348 e. The highest BCUT2D eigenvalue weighted by molar-refractivity contribution is 7.98. The molecule has 5 nitrogen and oxygen atoms in total. The second-order valence-electron chi connectivity index (χ2n) is 7.44. The molecule has 2 atom stereocenters. The molecule has 174 valence electrons. The molecule has 0 aliphatic heterocycles. The maximum Gasteiger partial charge on any atom is 0.242 e. The molecule has 9 heteroatoms. The first-order chi connectivity index (χ1) is 15.7. The molecule has 2 N–H and O–H groups in total. The SMILES string of the molecule is CSc1ccc([C@@H](C)NC(=O)[C@@H](Cc2ccccc2)NS(=O)(=O)c2cc(Cl)ccc2Cl)cc1. The van der Waals surface area contributed by atoms with Crippen molar-refractivity contribution in [3.05, 3.63) is 94.0 Å². The van der Waals surface area contributed by atoms with Crippen molar-refractivity contribution in [1.29, 1.82) is 0 Å². The molecule has 0 saturated carbocycles. The Morgan fingerprint density at radius 1 is 1.00 bits per heavy atom. The van der Waals surface area contributed by atoms with Crippen LogP contribution in [0.4, 0.5) is 0 Å². The molecule has 3 rings (SSSR count). The van der Waals surface area contributed by atoms with Crippen molar-refractivity contribution in [1.82, 2.24) is 10.0 Å². The monoisotopic (exact) mass is 522 g/mol. The number of hydrogen-bond acceptors (Lipinski definition) is 4. The molecule has 0 aliphatic rings. The van der Waals surface area contributed by atoms with E-state index >= 15 is 0 Å².